The van der Waals surface area contributed by atoms with Gasteiger partial charge in [-0.3, -0.25) is 0 Å². The molecule has 4 heteroatoms. The molecule has 0 saturated carbocycles. The van der Waals surface area contributed by atoms with Crippen LogP contribution in [0.5, 0.6) is 11.6 Å². The maximum atomic E-state index is 5.83. The van der Waals surface area contributed by atoms with Gasteiger partial charge in [-0.25, -0.2) is 4.98 Å². The molecule has 1 heterocycles. The minimum absolute atomic E-state index is 0.580. The molecule has 1 aliphatic rings. The van der Waals surface area contributed by atoms with Gasteiger partial charge in [0.1, 0.15) is 5.75 Å². The lowest BCUT2D eigenvalue weighted by atomic mass is 10.1. The molecule has 0 aliphatic heterocycles. The maximum Gasteiger partial charge on any atom is 0.225 e. The Hall–Kier alpha value is -2.10. The van der Waals surface area contributed by atoms with E-state index < -0.39 is 0 Å². The van der Waals surface area contributed by atoms with Crippen molar-refractivity contribution >= 4 is 5.95 Å². The topological polar surface area (TPSA) is 47.0 Å². The highest BCUT2D eigenvalue weighted by Gasteiger charge is 2.11. The molecular formula is C16H19N3O. The zero-order chi connectivity index (χ0) is 13.8. The monoisotopic (exact) mass is 269 g/mol. The van der Waals surface area contributed by atoms with Crippen LogP contribution >= 0.6 is 0 Å². The Labute approximate surface area is 119 Å². The summed E-state index contributed by atoms with van der Waals surface area (Å²) in [6.07, 6.45) is 6.35. The Balaban J connectivity index is 1.74. The number of rotatable bonds is 5. The highest BCUT2D eigenvalue weighted by atomic mass is 16.5. The summed E-state index contributed by atoms with van der Waals surface area (Å²) in [5, 5.41) is 3.16. The Morgan fingerprint density at radius 3 is 3.00 bits per heavy atom. The molecule has 0 saturated heterocycles. The van der Waals surface area contributed by atoms with Crippen LogP contribution < -0.4 is 10.1 Å². The van der Waals surface area contributed by atoms with Crippen LogP contribution in [0, 0.1) is 0 Å². The van der Waals surface area contributed by atoms with E-state index in [9.17, 15) is 0 Å². The highest BCUT2D eigenvalue weighted by Crippen LogP contribution is 2.28. The number of benzene rings is 1. The summed E-state index contributed by atoms with van der Waals surface area (Å²) in [4.78, 5) is 8.53. The molecule has 1 aromatic heterocycles. The number of fused-ring (bicyclic) bond motifs is 1. The fourth-order valence-corrected chi connectivity index (χ4v) is 2.45. The van der Waals surface area contributed by atoms with Crippen molar-refractivity contribution < 1.29 is 4.74 Å². The first kappa shape index (κ1) is 12.9. The second kappa shape index (κ2) is 5.90. The molecule has 4 nitrogen and oxygen atoms in total. The van der Waals surface area contributed by atoms with Gasteiger partial charge < -0.3 is 10.1 Å². The molecule has 0 radical (unpaired) electrons. The normalized spacial score (nSPS) is 13.1. The zero-order valence-electron chi connectivity index (χ0n) is 11.7. The second-order valence-corrected chi connectivity index (χ2v) is 5.03. The minimum Gasteiger partial charge on any atom is -0.439 e. The van der Waals surface area contributed by atoms with Crippen molar-refractivity contribution in [3.8, 4) is 11.6 Å². The molecule has 0 atom stereocenters. The molecule has 0 spiro atoms. The predicted octanol–water partition coefficient (Wildman–Crippen LogP) is 3.58. The average Bonchev–Trinajstić information content (AvgIpc) is 2.93. The first-order valence-corrected chi connectivity index (χ1v) is 7.22. The van der Waals surface area contributed by atoms with Crippen molar-refractivity contribution in [2.24, 2.45) is 0 Å². The molecule has 1 aromatic carbocycles. The van der Waals surface area contributed by atoms with Crippen LogP contribution in [0.25, 0.3) is 0 Å². The lowest BCUT2D eigenvalue weighted by Gasteiger charge is -2.08. The summed E-state index contributed by atoms with van der Waals surface area (Å²) in [6, 6.07) is 8.09. The lowest BCUT2D eigenvalue weighted by molar-refractivity contribution is 0.461. The third-order valence-electron chi connectivity index (χ3n) is 3.46. The first-order valence-electron chi connectivity index (χ1n) is 7.22. The third kappa shape index (κ3) is 2.90. The first-order chi connectivity index (χ1) is 9.85. The second-order valence-electron chi connectivity index (χ2n) is 5.03. The van der Waals surface area contributed by atoms with Crippen molar-refractivity contribution in [2.75, 3.05) is 11.9 Å². The highest BCUT2D eigenvalue weighted by molar-refractivity contribution is 5.40. The van der Waals surface area contributed by atoms with E-state index in [0.717, 1.165) is 25.1 Å². The van der Waals surface area contributed by atoms with Crippen molar-refractivity contribution in [3.63, 3.8) is 0 Å². The molecule has 3 rings (SSSR count). The van der Waals surface area contributed by atoms with Gasteiger partial charge in [0.05, 0.1) is 0 Å². The van der Waals surface area contributed by atoms with Crippen LogP contribution in [-0.2, 0) is 12.8 Å². The van der Waals surface area contributed by atoms with Gasteiger partial charge in [-0.15, -0.1) is 0 Å². The maximum absolute atomic E-state index is 5.83. The number of anilines is 1. The standard InChI is InChI=1S/C16H19N3O/c1-2-9-17-16-18-10-8-15(19-16)20-14-7-6-12-4-3-5-13(12)11-14/h6-8,10-11H,2-5,9H2,1H3,(H,17,18,19). The molecule has 2 aromatic rings. The number of nitrogens with one attached hydrogen (secondary N) is 1. The number of aromatic nitrogens is 2. The Bertz CT molecular complexity index is 598. The molecule has 0 unspecified atom stereocenters. The van der Waals surface area contributed by atoms with Gasteiger partial charge in [-0.2, -0.15) is 4.98 Å². The number of aryl methyl sites for hydroxylation is 2. The smallest absolute Gasteiger partial charge is 0.225 e. The summed E-state index contributed by atoms with van der Waals surface area (Å²) >= 11 is 0. The van der Waals surface area contributed by atoms with Crippen molar-refractivity contribution in [2.45, 2.75) is 32.6 Å². The summed E-state index contributed by atoms with van der Waals surface area (Å²) in [5.41, 5.74) is 2.85. The van der Waals surface area contributed by atoms with Gasteiger partial charge in [0.25, 0.3) is 0 Å². The summed E-state index contributed by atoms with van der Waals surface area (Å²) in [6.45, 7) is 2.97. The molecule has 0 fully saturated rings. The molecule has 1 aliphatic carbocycles. The van der Waals surface area contributed by atoms with Crippen LogP contribution in [0.4, 0.5) is 5.95 Å². The van der Waals surface area contributed by atoms with Crippen molar-refractivity contribution in [3.05, 3.63) is 41.6 Å². The largest absolute Gasteiger partial charge is 0.439 e. The number of ether oxygens (including phenoxy) is 1. The molecule has 0 amide bonds. The minimum atomic E-state index is 0.580. The van der Waals surface area contributed by atoms with E-state index >= 15 is 0 Å². The van der Waals surface area contributed by atoms with E-state index in [4.69, 9.17) is 4.74 Å². The Morgan fingerprint density at radius 2 is 2.10 bits per heavy atom. The van der Waals surface area contributed by atoms with Gasteiger partial charge in [0.15, 0.2) is 0 Å². The zero-order valence-corrected chi connectivity index (χ0v) is 11.7. The van der Waals surface area contributed by atoms with Crippen molar-refractivity contribution in [1.82, 2.24) is 9.97 Å². The summed E-state index contributed by atoms with van der Waals surface area (Å²) < 4.78 is 5.83. The predicted molar refractivity (Wildman–Crippen MR) is 79.4 cm³/mol. The van der Waals surface area contributed by atoms with E-state index in [2.05, 4.69) is 34.3 Å². The van der Waals surface area contributed by atoms with Crippen LogP contribution in [0.3, 0.4) is 0 Å². The Kier molecular flexibility index (Phi) is 3.81. The van der Waals surface area contributed by atoms with Crippen LogP contribution in [0.15, 0.2) is 30.5 Å². The molecule has 20 heavy (non-hydrogen) atoms. The molecule has 104 valence electrons. The fourth-order valence-electron chi connectivity index (χ4n) is 2.45. The third-order valence-corrected chi connectivity index (χ3v) is 3.46. The van der Waals surface area contributed by atoms with Gasteiger partial charge in [-0.05, 0) is 48.9 Å². The van der Waals surface area contributed by atoms with E-state index in [1.54, 1.807) is 12.3 Å². The number of hydrogen-bond acceptors (Lipinski definition) is 4. The molecule has 1 N–H and O–H groups in total. The fraction of sp³-hybridized carbons (Fsp3) is 0.375. The van der Waals surface area contributed by atoms with Gasteiger partial charge in [0.2, 0.25) is 11.8 Å². The summed E-state index contributed by atoms with van der Waals surface area (Å²) in [7, 11) is 0. The van der Waals surface area contributed by atoms with E-state index in [0.29, 0.717) is 11.8 Å². The number of hydrogen-bond donors (Lipinski definition) is 1. The quantitative estimate of drug-likeness (QED) is 0.901. The molecular weight excluding hydrogens is 250 g/mol. The van der Waals surface area contributed by atoms with Crippen LogP contribution in [-0.4, -0.2) is 16.5 Å². The summed E-state index contributed by atoms with van der Waals surface area (Å²) in [5.74, 6) is 2.05. The number of nitrogens with zero attached hydrogens (tertiary/aromatic N) is 2. The van der Waals surface area contributed by atoms with Gasteiger partial charge >= 0.3 is 0 Å². The van der Waals surface area contributed by atoms with Crippen LogP contribution in [0.2, 0.25) is 0 Å². The van der Waals surface area contributed by atoms with Crippen LogP contribution in [0.1, 0.15) is 30.9 Å². The van der Waals surface area contributed by atoms with Crippen molar-refractivity contribution in [1.29, 1.82) is 0 Å². The van der Waals surface area contributed by atoms with Gasteiger partial charge in [0, 0.05) is 18.8 Å². The lowest BCUT2D eigenvalue weighted by Crippen LogP contribution is -2.04. The SMILES string of the molecule is CCCNc1nccc(Oc2ccc3c(c2)CCC3)n1. The Morgan fingerprint density at radius 1 is 1.20 bits per heavy atom. The van der Waals surface area contributed by atoms with Gasteiger partial charge in [-0.1, -0.05) is 13.0 Å². The van der Waals surface area contributed by atoms with E-state index in [-0.39, 0.29) is 0 Å². The van der Waals surface area contributed by atoms with E-state index in [1.165, 1.54) is 24.0 Å². The van der Waals surface area contributed by atoms with E-state index in [1.807, 2.05) is 6.07 Å². The average molecular weight is 269 g/mol. The molecule has 0 bridgehead atoms.